The van der Waals surface area contributed by atoms with E-state index in [2.05, 4.69) is 26.5 Å². The zero-order valence-electron chi connectivity index (χ0n) is 12.6. The van der Waals surface area contributed by atoms with Gasteiger partial charge in [-0.05, 0) is 18.8 Å². The van der Waals surface area contributed by atoms with Gasteiger partial charge < -0.3 is 5.73 Å². The van der Waals surface area contributed by atoms with E-state index in [0.29, 0.717) is 0 Å². The van der Waals surface area contributed by atoms with Gasteiger partial charge in [-0.15, -0.1) is 0 Å². The molecule has 0 aromatic heterocycles. The summed E-state index contributed by atoms with van der Waals surface area (Å²) >= 11 is 0. The smallest absolute Gasteiger partial charge is 0.0768 e. The van der Waals surface area contributed by atoms with Gasteiger partial charge >= 0.3 is 0 Å². The quantitative estimate of drug-likeness (QED) is 0.491. The Morgan fingerprint density at radius 2 is 1.35 bits per heavy atom. The molecule has 0 radical (unpaired) electrons. The van der Waals surface area contributed by atoms with Crippen molar-refractivity contribution in [2.45, 2.75) is 85.0 Å². The highest BCUT2D eigenvalue weighted by molar-refractivity contribution is 4.59. The number of rotatable bonds is 12. The Balaban J connectivity index is 3.42. The monoisotopic (exact) mass is 242 g/mol. The summed E-state index contributed by atoms with van der Waals surface area (Å²) in [5.41, 5.74) is 4.11. The van der Waals surface area contributed by atoms with E-state index in [1.54, 1.807) is 0 Å². The summed E-state index contributed by atoms with van der Waals surface area (Å²) in [6.45, 7) is 8.13. The van der Waals surface area contributed by atoms with E-state index in [1.807, 2.05) is 0 Å². The summed E-state index contributed by atoms with van der Waals surface area (Å²) < 4.78 is 0. The van der Waals surface area contributed by atoms with Gasteiger partial charge in [-0.2, -0.15) is 0 Å². The van der Waals surface area contributed by atoms with Crippen LogP contribution in [0, 0.1) is 11.8 Å². The molecule has 0 aromatic rings. The van der Waals surface area contributed by atoms with Crippen molar-refractivity contribution in [2.75, 3.05) is 6.54 Å². The minimum absolute atomic E-state index is 0.906. The molecule has 2 atom stereocenters. The Hall–Kier alpha value is -0.0400. The molecule has 0 aromatic carbocycles. The summed E-state index contributed by atoms with van der Waals surface area (Å²) in [5.74, 6) is 1.85. The maximum atomic E-state index is 4.11. The standard InChI is InChI=1S/C16H35N/c1-4-6-7-12-16(14-17)13-9-8-11-15(3)10-5-2/h15-16H,4-14,17H2,1-3H3/p+1. The first-order chi connectivity index (χ1) is 8.24. The predicted octanol–water partition coefficient (Wildman–Crippen LogP) is 4.42. The number of quaternary nitrogens is 1. The minimum Gasteiger partial charge on any atom is -0.357 e. The van der Waals surface area contributed by atoms with Crippen molar-refractivity contribution in [1.82, 2.24) is 0 Å². The normalized spacial score (nSPS) is 14.8. The molecule has 2 unspecified atom stereocenters. The molecule has 0 saturated carbocycles. The molecule has 0 aliphatic carbocycles. The van der Waals surface area contributed by atoms with Gasteiger partial charge in [0.15, 0.2) is 0 Å². The van der Waals surface area contributed by atoms with Crippen LogP contribution in [0.1, 0.15) is 85.0 Å². The fourth-order valence-electron chi connectivity index (χ4n) is 2.68. The fraction of sp³-hybridized carbons (Fsp3) is 1.00. The van der Waals surface area contributed by atoms with Gasteiger partial charge in [0.1, 0.15) is 0 Å². The first-order valence-electron chi connectivity index (χ1n) is 8.03. The lowest BCUT2D eigenvalue weighted by Crippen LogP contribution is -2.53. The molecule has 1 heteroatoms. The van der Waals surface area contributed by atoms with Crippen LogP contribution < -0.4 is 5.73 Å². The van der Waals surface area contributed by atoms with Crippen LogP contribution in [0.2, 0.25) is 0 Å². The molecule has 0 saturated heterocycles. The van der Waals surface area contributed by atoms with Gasteiger partial charge in [0.25, 0.3) is 0 Å². The van der Waals surface area contributed by atoms with Crippen LogP contribution in [0.5, 0.6) is 0 Å². The highest BCUT2D eigenvalue weighted by atomic mass is 14.5. The Bertz CT molecular complexity index is 144. The molecule has 0 aliphatic rings. The second-order valence-electron chi connectivity index (χ2n) is 5.83. The van der Waals surface area contributed by atoms with Crippen LogP contribution in [0.25, 0.3) is 0 Å². The molecule has 0 bridgehead atoms. The van der Waals surface area contributed by atoms with Crippen LogP contribution in [-0.4, -0.2) is 6.54 Å². The van der Waals surface area contributed by atoms with E-state index in [0.717, 1.165) is 18.4 Å². The molecule has 1 nitrogen and oxygen atoms in total. The Kier molecular flexibility index (Phi) is 12.4. The van der Waals surface area contributed by atoms with Gasteiger partial charge in [0.2, 0.25) is 0 Å². The van der Waals surface area contributed by atoms with E-state index < -0.39 is 0 Å². The molecule has 0 heterocycles. The van der Waals surface area contributed by atoms with Crippen molar-refractivity contribution in [3.63, 3.8) is 0 Å². The van der Waals surface area contributed by atoms with Crippen LogP contribution in [0.3, 0.4) is 0 Å². The van der Waals surface area contributed by atoms with Crippen molar-refractivity contribution < 1.29 is 5.73 Å². The first-order valence-corrected chi connectivity index (χ1v) is 8.03. The molecule has 0 rings (SSSR count). The van der Waals surface area contributed by atoms with Gasteiger partial charge in [-0.3, -0.25) is 0 Å². The molecule has 0 aliphatic heterocycles. The second-order valence-corrected chi connectivity index (χ2v) is 5.83. The molecule has 3 N–H and O–H groups in total. The third-order valence-electron chi connectivity index (χ3n) is 3.96. The summed E-state index contributed by atoms with van der Waals surface area (Å²) in [7, 11) is 0. The van der Waals surface area contributed by atoms with Crippen LogP contribution >= 0.6 is 0 Å². The van der Waals surface area contributed by atoms with Crippen LogP contribution in [0.15, 0.2) is 0 Å². The third-order valence-corrected chi connectivity index (χ3v) is 3.96. The fourth-order valence-corrected chi connectivity index (χ4v) is 2.68. The summed E-state index contributed by atoms with van der Waals surface area (Å²) in [6, 6.07) is 0. The number of hydrogen-bond acceptors (Lipinski definition) is 0. The summed E-state index contributed by atoms with van der Waals surface area (Å²) in [4.78, 5) is 0. The van der Waals surface area contributed by atoms with Crippen molar-refractivity contribution in [2.24, 2.45) is 11.8 Å². The molecule has 0 fully saturated rings. The van der Waals surface area contributed by atoms with Crippen LogP contribution in [0.4, 0.5) is 0 Å². The maximum Gasteiger partial charge on any atom is 0.0768 e. The van der Waals surface area contributed by atoms with Gasteiger partial charge in [0, 0.05) is 5.92 Å². The van der Waals surface area contributed by atoms with E-state index in [-0.39, 0.29) is 0 Å². The molecular formula is C16H36N+. The largest absolute Gasteiger partial charge is 0.357 e. The zero-order valence-corrected chi connectivity index (χ0v) is 12.6. The van der Waals surface area contributed by atoms with Gasteiger partial charge in [0.05, 0.1) is 6.54 Å². The van der Waals surface area contributed by atoms with Crippen molar-refractivity contribution in [3.8, 4) is 0 Å². The lowest BCUT2D eigenvalue weighted by atomic mass is 9.93. The van der Waals surface area contributed by atoms with Crippen LogP contribution in [-0.2, 0) is 0 Å². The second kappa shape index (κ2) is 12.4. The molecular weight excluding hydrogens is 206 g/mol. The Morgan fingerprint density at radius 3 is 1.88 bits per heavy atom. The number of unbranched alkanes of at least 4 members (excludes halogenated alkanes) is 3. The molecule has 0 amide bonds. The average molecular weight is 242 g/mol. The zero-order chi connectivity index (χ0) is 12.9. The molecule has 17 heavy (non-hydrogen) atoms. The molecule has 0 spiro atoms. The lowest BCUT2D eigenvalue weighted by molar-refractivity contribution is -0.379. The van der Waals surface area contributed by atoms with Gasteiger partial charge in [-0.25, -0.2) is 0 Å². The third kappa shape index (κ3) is 10.8. The minimum atomic E-state index is 0.906. The maximum absolute atomic E-state index is 4.11. The van der Waals surface area contributed by atoms with E-state index in [4.69, 9.17) is 0 Å². The van der Waals surface area contributed by atoms with E-state index in [9.17, 15) is 0 Å². The SMILES string of the molecule is CCCCCC(C[NH3+])CCCCC(C)CCC. The highest BCUT2D eigenvalue weighted by Gasteiger charge is 2.08. The summed E-state index contributed by atoms with van der Waals surface area (Å²) in [5, 5.41) is 0. The first kappa shape index (κ1) is 17.0. The Labute approximate surface area is 110 Å². The van der Waals surface area contributed by atoms with Gasteiger partial charge in [-0.1, -0.05) is 72.1 Å². The number of hydrogen-bond donors (Lipinski definition) is 1. The molecule has 104 valence electrons. The lowest BCUT2D eigenvalue weighted by Gasteiger charge is -2.14. The van der Waals surface area contributed by atoms with Crippen molar-refractivity contribution in [1.29, 1.82) is 0 Å². The highest BCUT2D eigenvalue weighted by Crippen LogP contribution is 2.19. The average Bonchev–Trinajstić information content (AvgIpc) is 2.32. The summed E-state index contributed by atoms with van der Waals surface area (Å²) in [6.07, 6.45) is 14.1. The van der Waals surface area contributed by atoms with Crippen molar-refractivity contribution >= 4 is 0 Å². The Morgan fingerprint density at radius 1 is 0.765 bits per heavy atom. The topological polar surface area (TPSA) is 27.6 Å². The van der Waals surface area contributed by atoms with E-state index >= 15 is 0 Å². The van der Waals surface area contributed by atoms with E-state index in [1.165, 1.54) is 64.2 Å². The van der Waals surface area contributed by atoms with Crippen molar-refractivity contribution in [3.05, 3.63) is 0 Å². The predicted molar refractivity (Wildman–Crippen MR) is 77.9 cm³/mol.